The molecule has 0 bridgehead atoms. The highest BCUT2D eigenvalue weighted by Crippen LogP contribution is 2.29. The van der Waals surface area contributed by atoms with Crippen molar-refractivity contribution in [2.45, 2.75) is 70.1 Å². The Morgan fingerprint density at radius 1 is 0.971 bits per heavy atom. The van der Waals surface area contributed by atoms with E-state index in [-0.39, 0.29) is 11.3 Å². The van der Waals surface area contributed by atoms with Crippen LogP contribution >= 0.6 is 0 Å². The number of benzene rings is 2. The fourth-order valence-corrected chi connectivity index (χ4v) is 4.95. The minimum Gasteiger partial charge on any atom is -0.307 e. The second-order valence-corrected chi connectivity index (χ2v) is 9.84. The van der Waals surface area contributed by atoms with Crippen LogP contribution in [0.3, 0.4) is 0 Å². The zero-order chi connectivity index (χ0) is 24.6. The summed E-state index contributed by atoms with van der Waals surface area (Å²) in [6.45, 7) is 2.31. The van der Waals surface area contributed by atoms with Gasteiger partial charge in [0.2, 0.25) is 0 Å². The molecular weight excluding hydrogens is 457 g/mol. The van der Waals surface area contributed by atoms with E-state index < -0.39 is 22.7 Å². The molecule has 1 fully saturated rings. The second-order valence-electron chi connectivity index (χ2n) is 8.78. The van der Waals surface area contributed by atoms with E-state index in [1.807, 2.05) is 0 Å². The van der Waals surface area contributed by atoms with Crippen LogP contribution in [0.15, 0.2) is 77.2 Å². The van der Waals surface area contributed by atoms with E-state index in [0.29, 0.717) is 12.1 Å². The van der Waals surface area contributed by atoms with Gasteiger partial charge >= 0.3 is 6.18 Å². The van der Waals surface area contributed by atoms with Gasteiger partial charge in [-0.1, -0.05) is 80.3 Å². The fourth-order valence-electron chi connectivity index (χ4n) is 4.49. The van der Waals surface area contributed by atoms with Gasteiger partial charge < -0.3 is 5.32 Å². The summed E-state index contributed by atoms with van der Waals surface area (Å²) in [5.41, 5.74) is 0.696. The third kappa shape index (κ3) is 7.65. The molecule has 7 heteroatoms. The van der Waals surface area contributed by atoms with Crippen LogP contribution in [0.25, 0.3) is 10.8 Å². The second kappa shape index (κ2) is 12.5. The lowest BCUT2D eigenvalue weighted by Gasteiger charge is -2.23. The number of allylic oxidation sites excluding steroid dienone is 5. The van der Waals surface area contributed by atoms with Gasteiger partial charge in [-0.25, -0.2) is 9.35 Å². The maximum Gasteiger partial charge on any atom is 0.416 e. The lowest BCUT2D eigenvalue weighted by atomic mass is 9.98. The Labute approximate surface area is 202 Å². The molecule has 3 nitrogen and oxygen atoms in total. The predicted molar refractivity (Wildman–Crippen MR) is 135 cm³/mol. The molecular formula is C27H33F3N2OS. The zero-order valence-electron chi connectivity index (χ0n) is 19.5. The van der Waals surface area contributed by atoms with Crippen molar-refractivity contribution in [2.24, 2.45) is 5.14 Å². The van der Waals surface area contributed by atoms with E-state index in [4.69, 9.17) is 5.14 Å². The Balaban J connectivity index is 0.000000204. The van der Waals surface area contributed by atoms with Crippen molar-refractivity contribution in [1.29, 1.82) is 0 Å². The number of fused-ring (bicyclic) bond motifs is 1. The molecule has 0 spiro atoms. The monoisotopic (exact) mass is 490 g/mol. The topological polar surface area (TPSA) is 55.1 Å². The van der Waals surface area contributed by atoms with Crippen LogP contribution in [-0.2, 0) is 11.0 Å². The van der Waals surface area contributed by atoms with E-state index in [0.717, 1.165) is 18.2 Å². The van der Waals surface area contributed by atoms with Gasteiger partial charge in [0, 0.05) is 12.1 Å². The number of alkyl halides is 3. The van der Waals surface area contributed by atoms with E-state index in [1.54, 1.807) is 0 Å². The molecule has 2 unspecified atom stereocenters. The molecule has 2 aromatic carbocycles. The summed E-state index contributed by atoms with van der Waals surface area (Å²) in [5.74, 6) is 0. The van der Waals surface area contributed by atoms with Crippen LogP contribution in [0.1, 0.15) is 63.5 Å². The fraction of sp³-hybridized carbons (Fsp3) is 0.407. The molecule has 2 aliphatic rings. The van der Waals surface area contributed by atoms with Crippen LogP contribution < -0.4 is 10.5 Å². The highest BCUT2D eigenvalue weighted by atomic mass is 32.2. The zero-order valence-corrected chi connectivity index (χ0v) is 20.3. The normalized spacial score (nSPS) is 19.2. The molecule has 2 atom stereocenters. The van der Waals surface area contributed by atoms with Crippen molar-refractivity contribution < 1.29 is 17.4 Å². The van der Waals surface area contributed by atoms with Gasteiger partial charge in [0.15, 0.2) is 0 Å². The van der Waals surface area contributed by atoms with E-state index in [2.05, 4.69) is 54.7 Å². The van der Waals surface area contributed by atoms with E-state index in [1.165, 1.54) is 60.9 Å². The van der Waals surface area contributed by atoms with Gasteiger partial charge in [-0.15, -0.1) is 0 Å². The largest absolute Gasteiger partial charge is 0.416 e. The number of hydrogen-bond acceptors (Lipinski definition) is 2. The summed E-state index contributed by atoms with van der Waals surface area (Å²) in [6, 6.07) is 16.5. The highest BCUT2D eigenvalue weighted by Gasteiger charge is 2.31. The third-order valence-electron chi connectivity index (χ3n) is 6.27. The molecule has 0 radical (unpaired) electrons. The number of halogens is 3. The van der Waals surface area contributed by atoms with Gasteiger partial charge in [-0.05, 0) is 54.7 Å². The highest BCUT2D eigenvalue weighted by molar-refractivity contribution is 7.86. The van der Waals surface area contributed by atoms with Gasteiger partial charge in [0.25, 0.3) is 0 Å². The molecule has 3 N–H and O–H groups in total. The lowest BCUT2D eigenvalue weighted by molar-refractivity contribution is -0.0883. The lowest BCUT2D eigenvalue weighted by Crippen LogP contribution is -2.31. The van der Waals surface area contributed by atoms with Crippen molar-refractivity contribution in [1.82, 2.24) is 5.32 Å². The van der Waals surface area contributed by atoms with Crippen molar-refractivity contribution in [3.05, 3.63) is 82.8 Å². The molecule has 0 aliphatic heterocycles. The summed E-state index contributed by atoms with van der Waals surface area (Å²) in [5, 5.41) is 11.6. The maximum atomic E-state index is 12.2. The van der Waals surface area contributed by atoms with Crippen molar-refractivity contribution in [3.8, 4) is 0 Å². The number of hydrogen-bond donors (Lipinski definition) is 2. The van der Waals surface area contributed by atoms with Crippen LogP contribution in [0.4, 0.5) is 13.2 Å². The third-order valence-corrected chi connectivity index (χ3v) is 7.04. The average molecular weight is 491 g/mol. The Kier molecular flexibility index (Phi) is 9.68. The Morgan fingerprint density at radius 3 is 2.32 bits per heavy atom. The van der Waals surface area contributed by atoms with Gasteiger partial charge in [-0.2, -0.15) is 13.2 Å². The molecule has 2 aromatic rings. The Morgan fingerprint density at radius 2 is 1.65 bits per heavy atom. The summed E-state index contributed by atoms with van der Waals surface area (Å²) >= 11 is 0. The Hall–Kier alpha value is -2.22. The molecule has 2 aliphatic carbocycles. The molecule has 34 heavy (non-hydrogen) atoms. The van der Waals surface area contributed by atoms with Gasteiger partial charge in [-0.3, -0.25) is 0 Å². The minimum atomic E-state index is -4.37. The van der Waals surface area contributed by atoms with E-state index >= 15 is 0 Å². The van der Waals surface area contributed by atoms with Crippen molar-refractivity contribution >= 4 is 21.8 Å². The summed E-state index contributed by atoms with van der Waals surface area (Å²) in [6.07, 6.45) is 8.45. The maximum absolute atomic E-state index is 12.2. The van der Waals surface area contributed by atoms with Crippen LogP contribution in [0.5, 0.6) is 0 Å². The van der Waals surface area contributed by atoms with Crippen LogP contribution in [0, 0.1) is 0 Å². The molecule has 1 saturated carbocycles. The smallest absolute Gasteiger partial charge is 0.307 e. The molecule has 0 heterocycles. The molecule has 0 aromatic heterocycles. The first-order valence-corrected chi connectivity index (χ1v) is 13.0. The number of nitrogens with two attached hydrogens (primary N) is 1. The Bertz CT molecular complexity index is 1060. The molecule has 0 amide bonds. The quantitative estimate of drug-likeness (QED) is 0.447. The predicted octanol–water partition coefficient (Wildman–Crippen LogP) is 7.15. The first-order valence-electron chi connectivity index (χ1n) is 11.8. The van der Waals surface area contributed by atoms with Gasteiger partial charge in [0.1, 0.15) is 11.0 Å². The van der Waals surface area contributed by atoms with Crippen molar-refractivity contribution in [2.75, 3.05) is 0 Å². The number of rotatable bonds is 4. The number of nitrogens with one attached hydrogen (secondary N) is 1. The minimum absolute atomic E-state index is 0.0834. The summed E-state index contributed by atoms with van der Waals surface area (Å²) in [7, 11) is -1.73. The summed E-state index contributed by atoms with van der Waals surface area (Å²) < 4.78 is 47.4. The molecule has 4 rings (SSSR count). The van der Waals surface area contributed by atoms with Crippen LogP contribution in [0.2, 0.25) is 0 Å². The average Bonchev–Trinajstić information content (AvgIpc) is 3.22. The molecule has 184 valence electrons. The SMILES string of the molecule is CC(NC1CCCCCC1)c1cccc2ccccc12.NS(=O)C1=CCC=C(C(F)(F)F)C=C1. The van der Waals surface area contributed by atoms with Crippen molar-refractivity contribution in [3.63, 3.8) is 0 Å². The van der Waals surface area contributed by atoms with Crippen LogP contribution in [-0.4, -0.2) is 16.4 Å². The van der Waals surface area contributed by atoms with Gasteiger partial charge in [0.05, 0.1) is 10.5 Å². The standard InChI is InChI=1S/C19H25N.C8H8F3NOS/c1-15(20-17-11-4-2-3-5-12-17)18-14-8-10-16-9-6-7-13-19(16)18;9-8(10,11)6-2-1-3-7(5-4-6)14(12)13/h6-10,13-15,17,20H,2-5,11-12H2,1H3;2-5H,1,12H2. The van der Waals surface area contributed by atoms with E-state index in [9.17, 15) is 17.4 Å². The first kappa shape index (κ1) is 26.4. The molecule has 0 saturated heterocycles. The first-order chi connectivity index (χ1) is 16.3. The summed E-state index contributed by atoms with van der Waals surface area (Å²) in [4.78, 5) is 0.209.